The Morgan fingerprint density at radius 3 is 1.24 bits per heavy atom. The van der Waals surface area contributed by atoms with Crippen LogP contribution in [0.25, 0.3) is 0 Å². The highest BCUT2D eigenvalue weighted by Gasteiger charge is 1.93. The minimum atomic E-state index is 1.20. The van der Waals surface area contributed by atoms with Crippen LogP contribution in [0.1, 0.15) is 96.3 Å². The van der Waals surface area contributed by atoms with E-state index in [0.29, 0.717) is 0 Å². The molecule has 0 amide bonds. The van der Waals surface area contributed by atoms with Crippen molar-refractivity contribution >= 4 is 0 Å². The van der Waals surface area contributed by atoms with E-state index in [9.17, 15) is 0 Å². The lowest BCUT2D eigenvalue weighted by atomic mass is 10.0. The van der Waals surface area contributed by atoms with Crippen LogP contribution < -0.4 is 0 Å². The smallest absolute Gasteiger partial charge is 0.0348 e. The van der Waals surface area contributed by atoms with Gasteiger partial charge in [-0.05, 0) is 25.7 Å². The predicted octanol–water partition coefficient (Wildman–Crippen LogP) is 7.77. The van der Waals surface area contributed by atoms with Gasteiger partial charge >= 0.3 is 0 Å². The van der Waals surface area contributed by atoms with Gasteiger partial charge in [0.25, 0.3) is 0 Å². The molecule has 0 N–H and O–H groups in total. The van der Waals surface area contributed by atoms with E-state index in [1.54, 1.807) is 0 Å². The van der Waals surface area contributed by atoms with E-state index in [1.807, 2.05) is 12.2 Å². The average molecular weight is 291 g/mol. The third kappa shape index (κ3) is 19.2. The Kier molecular flexibility index (Phi) is 18.5. The Hall–Kier alpha value is -0.780. The van der Waals surface area contributed by atoms with Gasteiger partial charge in [-0.15, -0.1) is 6.58 Å². The minimum Gasteiger partial charge on any atom is -0.103 e. The van der Waals surface area contributed by atoms with E-state index in [2.05, 4.69) is 25.3 Å². The maximum absolute atomic E-state index is 3.77. The number of allylic oxidation sites excluding steroid dienone is 4. The first-order chi connectivity index (χ1) is 10.4. The SMILES string of the molecule is C=CC=CCCCCCCCCCCCCCCCC=C. The Balaban J connectivity index is 2.97. The average Bonchev–Trinajstić information content (AvgIpc) is 2.50. The Morgan fingerprint density at radius 2 is 0.857 bits per heavy atom. The zero-order valence-corrected chi connectivity index (χ0v) is 14.3. The predicted molar refractivity (Wildman–Crippen MR) is 98.8 cm³/mol. The van der Waals surface area contributed by atoms with Crippen LogP contribution in [0.5, 0.6) is 0 Å². The van der Waals surface area contributed by atoms with E-state index in [0.717, 1.165) is 0 Å². The molecule has 0 aromatic heterocycles. The molecule has 0 nitrogen and oxygen atoms in total. The Bertz CT molecular complexity index is 236. The Labute approximate surface area is 134 Å². The lowest BCUT2D eigenvalue weighted by molar-refractivity contribution is 0.538. The monoisotopic (exact) mass is 290 g/mol. The van der Waals surface area contributed by atoms with Gasteiger partial charge in [-0.25, -0.2) is 0 Å². The minimum absolute atomic E-state index is 1.20. The van der Waals surface area contributed by atoms with Crippen molar-refractivity contribution in [3.8, 4) is 0 Å². The molecule has 0 aliphatic heterocycles. The van der Waals surface area contributed by atoms with E-state index < -0.39 is 0 Å². The van der Waals surface area contributed by atoms with Crippen LogP contribution >= 0.6 is 0 Å². The summed E-state index contributed by atoms with van der Waals surface area (Å²) >= 11 is 0. The van der Waals surface area contributed by atoms with Gasteiger partial charge in [-0.3, -0.25) is 0 Å². The van der Waals surface area contributed by atoms with Crippen molar-refractivity contribution in [3.63, 3.8) is 0 Å². The van der Waals surface area contributed by atoms with Gasteiger partial charge in [0.15, 0.2) is 0 Å². The van der Waals surface area contributed by atoms with E-state index in [4.69, 9.17) is 0 Å². The summed E-state index contributed by atoms with van der Waals surface area (Å²) < 4.78 is 0. The van der Waals surface area contributed by atoms with Gasteiger partial charge in [0.2, 0.25) is 0 Å². The van der Waals surface area contributed by atoms with Crippen LogP contribution in [0.3, 0.4) is 0 Å². The van der Waals surface area contributed by atoms with Gasteiger partial charge < -0.3 is 0 Å². The highest BCUT2D eigenvalue weighted by Crippen LogP contribution is 2.13. The third-order valence-corrected chi connectivity index (χ3v) is 4.05. The molecule has 0 rings (SSSR count). The van der Waals surface area contributed by atoms with Crippen molar-refractivity contribution in [1.29, 1.82) is 0 Å². The molecule has 0 atom stereocenters. The molecule has 0 heteroatoms. The molecular weight excluding hydrogens is 252 g/mol. The number of hydrogen-bond donors (Lipinski definition) is 0. The highest BCUT2D eigenvalue weighted by molar-refractivity contribution is 4.96. The molecule has 0 saturated heterocycles. The second-order valence-corrected chi connectivity index (χ2v) is 6.13. The van der Waals surface area contributed by atoms with Gasteiger partial charge in [-0.1, -0.05) is 102 Å². The highest BCUT2D eigenvalue weighted by atomic mass is 14.0. The number of unbranched alkanes of at least 4 members (excludes halogenated alkanes) is 14. The lowest BCUT2D eigenvalue weighted by Crippen LogP contribution is -1.83. The zero-order valence-electron chi connectivity index (χ0n) is 14.3. The maximum Gasteiger partial charge on any atom is -0.0348 e. The van der Waals surface area contributed by atoms with Crippen LogP contribution in [0.4, 0.5) is 0 Å². The van der Waals surface area contributed by atoms with Crippen LogP contribution in [0.15, 0.2) is 37.5 Å². The summed E-state index contributed by atoms with van der Waals surface area (Å²) in [6.45, 7) is 7.45. The summed E-state index contributed by atoms with van der Waals surface area (Å²) in [4.78, 5) is 0. The van der Waals surface area contributed by atoms with Crippen molar-refractivity contribution in [2.45, 2.75) is 96.3 Å². The first kappa shape index (κ1) is 20.2. The molecule has 21 heavy (non-hydrogen) atoms. The second kappa shape index (κ2) is 19.2. The second-order valence-electron chi connectivity index (χ2n) is 6.13. The normalized spacial score (nSPS) is 11.0. The van der Waals surface area contributed by atoms with Gasteiger partial charge in [0, 0.05) is 0 Å². The fourth-order valence-corrected chi connectivity index (χ4v) is 2.69. The van der Waals surface area contributed by atoms with E-state index >= 15 is 0 Å². The molecule has 0 unspecified atom stereocenters. The summed E-state index contributed by atoms with van der Waals surface area (Å²) in [7, 11) is 0. The lowest BCUT2D eigenvalue weighted by Gasteiger charge is -2.02. The first-order valence-electron chi connectivity index (χ1n) is 9.30. The molecule has 0 saturated carbocycles. The molecule has 0 aliphatic carbocycles. The molecule has 0 bridgehead atoms. The molecule has 0 aliphatic rings. The molecule has 0 heterocycles. The summed E-state index contributed by atoms with van der Waals surface area (Å²) in [5.74, 6) is 0. The van der Waals surface area contributed by atoms with E-state index in [1.165, 1.54) is 96.3 Å². The molecule has 0 aromatic rings. The van der Waals surface area contributed by atoms with Crippen molar-refractivity contribution in [2.24, 2.45) is 0 Å². The molecular formula is C21H38. The first-order valence-corrected chi connectivity index (χ1v) is 9.30. The summed E-state index contributed by atoms with van der Waals surface area (Å²) in [6, 6.07) is 0. The van der Waals surface area contributed by atoms with Crippen LogP contribution in [0.2, 0.25) is 0 Å². The number of rotatable bonds is 17. The summed E-state index contributed by atoms with van der Waals surface area (Å²) in [6.07, 6.45) is 29.1. The third-order valence-electron chi connectivity index (χ3n) is 4.05. The van der Waals surface area contributed by atoms with Crippen molar-refractivity contribution < 1.29 is 0 Å². The van der Waals surface area contributed by atoms with Gasteiger partial charge in [-0.2, -0.15) is 0 Å². The Morgan fingerprint density at radius 1 is 0.476 bits per heavy atom. The van der Waals surface area contributed by atoms with Crippen molar-refractivity contribution in [3.05, 3.63) is 37.5 Å². The quantitative estimate of drug-likeness (QED) is 0.146. The molecule has 0 aromatic carbocycles. The molecule has 0 fully saturated rings. The maximum atomic E-state index is 3.77. The van der Waals surface area contributed by atoms with Crippen molar-refractivity contribution in [2.75, 3.05) is 0 Å². The van der Waals surface area contributed by atoms with Gasteiger partial charge in [0.1, 0.15) is 0 Å². The number of hydrogen-bond acceptors (Lipinski definition) is 0. The molecule has 0 radical (unpaired) electrons. The van der Waals surface area contributed by atoms with E-state index in [-0.39, 0.29) is 0 Å². The standard InChI is InChI=1S/C21H38/c1-3-5-7-9-11-13-15-17-19-21-20-18-16-14-12-10-8-6-4-2/h3-5,7H,1-2,6,8-21H2. The summed E-state index contributed by atoms with van der Waals surface area (Å²) in [5.41, 5.74) is 0. The fourth-order valence-electron chi connectivity index (χ4n) is 2.69. The molecule has 122 valence electrons. The molecule has 0 spiro atoms. The van der Waals surface area contributed by atoms with Gasteiger partial charge in [0.05, 0.1) is 0 Å². The van der Waals surface area contributed by atoms with Crippen LogP contribution in [-0.2, 0) is 0 Å². The van der Waals surface area contributed by atoms with Crippen molar-refractivity contribution in [1.82, 2.24) is 0 Å². The topological polar surface area (TPSA) is 0 Å². The largest absolute Gasteiger partial charge is 0.103 e. The fraction of sp³-hybridized carbons (Fsp3) is 0.714. The summed E-state index contributed by atoms with van der Waals surface area (Å²) in [5, 5.41) is 0. The van der Waals surface area contributed by atoms with Crippen LogP contribution in [-0.4, -0.2) is 0 Å². The zero-order chi connectivity index (χ0) is 15.4. The van der Waals surface area contributed by atoms with Crippen LogP contribution in [0, 0.1) is 0 Å².